The summed E-state index contributed by atoms with van der Waals surface area (Å²) in [7, 11) is 0. The van der Waals surface area contributed by atoms with Crippen LogP contribution in [0.3, 0.4) is 0 Å². The number of esters is 1. The molecule has 3 aromatic rings. The molecule has 0 saturated carbocycles. The Hall–Kier alpha value is -3.60. The van der Waals surface area contributed by atoms with Crippen LogP contribution in [0.5, 0.6) is 5.75 Å². The predicted octanol–water partition coefficient (Wildman–Crippen LogP) is 5.50. The third-order valence-corrected chi connectivity index (χ3v) is 4.88. The van der Waals surface area contributed by atoms with E-state index >= 15 is 0 Å². The maximum absolute atomic E-state index is 13.1. The lowest BCUT2D eigenvalue weighted by molar-refractivity contribution is -0.155. The number of nitrogens with one attached hydrogen (secondary N) is 1. The van der Waals surface area contributed by atoms with Crippen molar-refractivity contribution in [1.29, 1.82) is 0 Å². The predicted molar refractivity (Wildman–Crippen MR) is 121 cm³/mol. The lowest BCUT2D eigenvalue weighted by atomic mass is 9.98. The fourth-order valence-corrected chi connectivity index (χ4v) is 3.28. The van der Waals surface area contributed by atoms with Crippen LogP contribution in [0.4, 0.5) is 5.69 Å². The molecule has 5 heteroatoms. The first-order chi connectivity index (χ1) is 15.1. The van der Waals surface area contributed by atoms with Gasteiger partial charge in [-0.2, -0.15) is 0 Å². The first-order valence-electron chi connectivity index (χ1n) is 10.4. The zero-order chi connectivity index (χ0) is 22.1. The third kappa shape index (κ3) is 6.19. The first kappa shape index (κ1) is 22.1. The van der Waals surface area contributed by atoms with Crippen LogP contribution in [0, 0.1) is 0 Å². The van der Waals surface area contributed by atoms with Crippen LogP contribution in [0.2, 0.25) is 0 Å². The van der Waals surface area contributed by atoms with E-state index in [1.54, 1.807) is 24.3 Å². The molecular weight excluding hydrogens is 390 g/mol. The SMILES string of the molecule is CCOc1ccccc1NC(=O)C(OC(=O)CC(C)c1ccccc1)c1ccccc1. The fraction of sp³-hybridized carbons (Fsp3) is 0.231. The van der Waals surface area contributed by atoms with E-state index in [0.29, 0.717) is 23.6 Å². The zero-order valence-electron chi connectivity index (χ0n) is 17.8. The van der Waals surface area contributed by atoms with Crippen LogP contribution < -0.4 is 10.1 Å². The molecule has 1 amide bonds. The molecule has 2 atom stereocenters. The Balaban J connectivity index is 1.76. The summed E-state index contributed by atoms with van der Waals surface area (Å²) < 4.78 is 11.3. The van der Waals surface area contributed by atoms with Crippen molar-refractivity contribution in [1.82, 2.24) is 0 Å². The average molecular weight is 418 g/mol. The quantitative estimate of drug-likeness (QED) is 0.467. The largest absolute Gasteiger partial charge is 0.492 e. The molecule has 0 heterocycles. The number of amides is 1. The van der Waals surface area contributed by atoms with Gasteiger partial charge in [0.15, 0.2) is 0 Å². The Kier molecular flexibility index (Phi) is 7.82. The molecule has 1 N–H and O–H groups in total. The topological polar surface area (TPSA) is 64.6 Å². The number of carbonyl (C=O) groups excluding carboxylic acids is 2. The average Bonchev–Trinajstić information content (AvgIpc) is 2.80. The molecule has 3 rings (SSSR count). The molecule has 0 fully saturated rings. The summed E-state index contributed by atoms with van der Waals surface area (Å²) in [5.74, 6) is -0.321. The minimum absolute atomic E-state index is 0.0214. The molecule has 0 aliphatic carbocycles. The molecule has 0 radical (unpaired) electrons. The van der Waals surface area contributed by atoms with E-state index in [9.17, 15) is 9.59 Å². The molecule has 0 bridgehead atoms. The Morgan fingerprint density at radius 1 is 0.839 bits per heavy atom. The summed E-state index contributed by atoms with van der Waals surface area (Å²) in [6.07, 6.45) is -0.887. The molecule has 31 heavy (non-hydrogen) atoms. The molecule has 0 aromatic heterocycles. The van der Waals surface area contributed by atoms with Gasteiger partial charge in [0, 0.05) is 5.56 Å². The van der Waals surface area contributed by atoms with Crippen molar-refractivity contribution in [3.05, 3.63) is 96.1 Å². The highest BCUT2D eigenvalue weighted by atomic mass is 16.5. The van der Waals surface area contributed by atoms with Gasteiger partial charge in [-0.05, 0) is 30.5 Å². The van der Waals surface area contributed by atoms with Crippen LogP contribution in [-0.2, 0) is 14.3 Å². The van der Waals surface area contributed by atoms with Crippen LogP contribution in [-0.4, -0.2) is 18.5 Å². The molecule has 2 unspecified atom stereocenters. The highest BCUT2D eigenvalue weighted by molar-refractivity contribution is 5.97. The van der Waals surface area contributed by atoms with Gasteiger partial charge in [0.2, 0.25) is 6.10 Å². The maximum Gasteiger partial charge on any atom is 0.307 e. The van der Waals surface area contributed by atoms with Gasteiger partial charge in [0.1, 0.15) is 5.75 Å². The summed E-state index contributed by atoms with van der Waals surface area (Å²) >= 11 is 0. The number of ether oxygens (including phenoxy) is 2. The second kappa shape index (κ2) is 11.0. The summed E-state index contributed by atoms with van der Waals surface area (Å²) in [4.78, 5) is 25.8. The molecule has 0 spiro atoms. The van der Waals surface area contributed by atoms with Crippen molar-refractivity contribution in [2.75, 3.05) is 11.9 Å². The van der Waals surface area contributed by atoms with Crippen LogP contribution in [0.15, 0.2) is 84.9 Å². The summed E-state index contributed by atoms with van der Waals surface area (Å²) in [6.45, 7) is 4.31. The van der Waals surface area contributed by atoms with Gasteiger partial charge in [-0.3, -0.25) is 9.59 Å². The number of para-hydroxylation sites is 2. The highest BCUT2D eigenvalue weighted by Crippen LogP contribution is 2.28. The van der Waals surface area contributed by atoms with E-state index < -0.39 is 18.0 Å². The molecule has 0 aliphatic rings. The molecule has 5 nitrogen and oxygen atoms in total. The number of benzene rings is 3. The smallest absolute Gasteiger partial charge is 0.307 e. The van der Waals surface area contributed by atoms with Gasteiger partial charge in [-0.15, -0.1) is 0 Å². The van der Waals surface area contributed by atoms with Gasteiger partial charge in [0.25, 0.3) is 5.91 Å². The van der Waals surface area contributed by atoms with E-state index in [1.165, 1.54) is 0 Å². The standard InChI is InChI=1S/C26H27NO4/c1-3-30-23-17-11-10-16-22(23)27-26(29)25(21-14-8-5-9-15-21)31-24(28)18-19(2)20-12-6-4-7-13-20/h4-17,19,25H,3,18H2,1-2H3,(H,27,29). The van der Waals surface area contributed by atoms with E-state index in [2.05, 4.69) is 5.32 Å². The summed E-state index contributed by atoms with van der Waals surface area (Å²) in [5, 5.41) is 2.84. The molecule has 160 valence electrons. The first-order valence-corrected chi connectivity index (χ1v) is 10.4. The zero-order valence-corrected chi connectivity index (χ0v) is 17.8. The second-order valence-corrected chi connectivity index (χ2v) is 7.21. The number of rotatable bonds is 9. The number of carbonyl (C=O) groups is 2. The molecule has 0 aliphatic heterocycles. The van der Waals surface area contributed by atoms with Gasteiger partial charge in [-0.1, -0.05) is 79.7 Å². The number of hydrogen-bond acceptors (Lipinski definition) is 4. The Morgan fingerprint density at radius 3 is 2.06 bits per heavy atom. The van der Waals surface area contributed by atoms with Crippen molar-refractivity contribution >= 4 is 17.6 Å². The summed E-state index contributed by atoms with van der Waals surface area (Å²) in [5.41, 5.74) is 2.18. The Labute approximate surface area is 183 Å². The summed E-state index contributed by atoms with van der Waals surface area (Å²) in [6, 6.07) is 26.0. The van der Waals surface area contributed by atoms with Crippen molar-refractivity contribution < 1.29 is 19.1 Å². The van der Waals surface area contributed by atoms with Gasteiger partial charge >= 0.3 is 5.97 Å². The monoisotopic (exact) mass is 417 g/mol. The third-order valence-electron chi connectivity index (χ3n) is 4.88. The highest BCUT2D eigenvalue weighted by Gasteiger charge is 2.26. The fourth-order valence-electron chi connectivity index (χ4n) is 3.28. The van der Waals surface area contributed by atoms with Crippen molar-refractivity contribution in [3.63, 3.8) is 0 Å². The molecular formula is C26H27NO4. The minimum Gasteiger partial charge on any atom is -0.492 e. The van der Waals surface area contributed by atoms with E-state index in [1.807, 2.05) is 74.5 Å². The van der Waals surface area contributed by atoms with Crippen molar-refractivity contribution in [2.24, 2.45) is 0 Å². The van der Waals surface area contributed by atoms with Crippen molar-refractivity contribution in [2.45, 2.75) is 32.3 Å². The van der Waals surface area contributed by atoms with Gasteiger partial charge in [0.05, 0.1) is 18.7 Å². The van der Waals surface area contributed by atoms with Crippen LogP contribution in [0.25, 0.3) is 0 Å². The van der Waals surface area contributed by atoms with Gasteiger partial charge < -0.3 is 14.8 Å². The van der Waals surface area contributed by atoms with Gasteiger partial charge in [-0.25, -0.2) is 0 Å². The lowest BCUT2D eigenvalue weighted by Gasteiger charge is -2.20. The number of hydrogen-bond donors (Lipinski definition) is 1. The second-order valence-electron chi connectivity index (χ2n) is 7.21. The maximum atomic E-state index is 13.1. The Morgan fingerprint density at radius 2 is 1.42 bits per heavy atom. The number of anilines is 1. The Bertz CT molecular complexity index is 989. The van der Waals surface area contributed by atoms with E-state index in [-0.39, 0.29) is 12.3 Å². The normalized spacial score (nSPS) is 12.5. The van der Waals surface area contributed by atoms with E-state index in [0.717, 1.165) is 5.56 Å². The lowest BCUT2D eigenvalue weighted by Crippen LogP contribution is -2.26. The van der Waals surface area contributed by atoms with E-state index in [4.69, 9.17) is 9.47 Å². The molecule has 0 saturated heterocycles. The molecule has 3 aromatic carbocycles. The van der Waals surface area contributed by atoms with Crippen molar-refractivity contribution in [3.8, 4) is 5.75 Å². The van der Waals surface area contributed by atoms with Crippen LogP contribution >= 0.6 is 0 Å². The van der Waals surface area contributed by atoms with Crippen LogP contribution in [0.1, 0.15) is 43.4 Å². The minimum atomic E-state index is -1.06.